The van der Waals surface area contributed by atoms with E-state index in [1.807, 2.05) is 0 Å². The summed E-state index contributed by atoms with van der Waals surface area (Å²) in [5.41, 5.74) is 0. The molecule has 0 radical (unpaired) electrons. The van der Waals surface area contributed by atoms with Crippen molar-refractivity contribution in [1.29, 1.82) is 0 Å². The van der Waals surface area contributed by atoms with E-state index in [4.69, 9.17) is 0 Å². The predicted molar refractivity (Wildman–Crippen MR) is 41.0 cm³/mol. The largest absolute Gasteiger partial charge is 0.300 e. The molecule has 2 heterocycles. The average Bonchev–Trinajstić information content (AvgIpc) is 2.31. The van der Waals surface area contributed by atoms with Gasteiger partial charge in [0.1, 0.15) is 5.82 Å². The van der Waals surface area contributed by atoms with E-state index in [9.17, 15) is 8.78 Å². The third kappa shape index (κ3) is 1.24. The Labute approximate surface area is 75.9 Å². The van der Waals surface area contributed by atoms with Gasteiger partial charge in [0, 0.05) is 12.8 Å². The fourth-order valence-electron chi connectivity index (χ4n) is 1.26. The van der Waals surface area contributed by atoms with Crippen LogP contribution in [0.2, 0.25) is 0 Å². The van der Waals surface area contributed by atoms with Crippen LogP contribution >= 0.6 is 15.9 Å². The second kappa shape index (κ2) is 2.48. The number of fused-ring (bicyclic) bond motifs is 1. The molecule has 1 aromatic rings. The summed E-state index contributed by atoms with van der Waals surface area (Å²) in [6.07, 6.45) is 0.170. The Morgan fingerprint density at radius 1 is 1.42 bits per heavy atom. The van der Waals surface area contributed by atoms with Crippen molar-refractivity contribution >= 4 is 15.9 Å². The summed E-state index contributed by atoms with van der Waals surface area (Å²) in [4.78, 5) is 0. The number of halogens is 3. The van der Waals surface area contributed by atoms with Gasteiger partial charge in [-0.3, -0.25) is 4.57 Å². The van der Waals surface area contributed by atoms with Crippen LogP contribution in [-0.4, -0.2) is 20.7 Å². The topological polar surface area (TPSA) is 30.7 Å². The predicted octanol–water partition coefficient (Wildman–Crippen LogP) is 1.62. The first kappa shape index (κ1) is 8.10. The zero-order valence-electron chi connectivity index (χ0n) is 6.10. The van der Waals surface area contributed by atoms with Crippen LogP contribution in [0.15, 0.2) is 4.73 Å². The van der Waals surface area contributed by atoms with Crippen LogP contribution in [0.5, 0.6) is 0 Å². The van der Waals surface area contributed by atoms with Crippen molar-refractivity contribution in [2.45, 2.75) is 25.3 Å². The lowest BCUT2D eigenvalue weighted by Gasteiger charge is -2.22. The number of rotatable bonds is 0. The molecular formula is C6H6BrF2N3. The third-order valence-electron chi connectivity index (χ3n) is 1.89. The highest BCUT2D eigenvalue weighted by atomic mass is 79.9. The van der Waals surface area contributed by atoms with Crippen molar-refractivity contribution < 1.29 is 8.78 Å². The van der Waals surface area contributed by atoms with Crippen molar-refractivity contribution in [3.8, 4) is 0 Å². The summed E-state index contributed by atoms with van der Waals surface area (Å²) >= 11 is 3.06. The van der Waals surface area contributed by atoms with Crippen molar-refractivity contribution in [3.05, 3.63) is 10.6 Å². The minimum atomic E-state index is -2.61. The SMILES string of the molecule is FC1(F)CCc2nnc(Br)n2C1. The van der Waals surface area contributed by atoms with Gasteiger partial charge in [-0.1, -0.05) is 0 Å². The molecule has 0 spiro atoms. The molecule has 1 aromatic heterocycles. The summed E-state index contributed by atoms with van der Waals surface area (Å²) in [6.45, 7) is -0.310. The highest BCUT2D eigenvalue weighted by molar-refractivity contribution is 9.10. The maximum absolute atomic E-state index is 12.8. The van der Waals surface area contributed by atoms with Crippen LogP contribution in [0, 0.1) is 0 Å². The first-order chi connectivity index (χ1) is 5.58. The maximum Gasteiger partial charge on any atom is 0.266 e. The van der Waals surface area contributed by atoms with Gasteiger partial charge in [0.25, 0.3) is 5.92 Å². The molecule has 0 fully saturated rings. The zero-order valence-corrected chi connectivity index (χ0v) is 7.68. The van der Waals surface area contributed by atoms with E-state index in [-0.39, 0.29) is 13.0 Å². The van der Waals surface area contributed by atoms with Crippen molar-refractivity contribution in [1.82, 2.24) is 14.8 Å². The molecule has 0 aliphatic carbocycles. The van der Waals surface area contributed by atoms with Gasteiger partial charge in [-0.05, 0) is 15.9 Å². The van der Waals surface area contributed by atoms with Gasteiger partial charge >= 0.3 is 0 Å². The first-order valence-electron chi connectivity index (χ1n) is 3.54. The molecule has 6 heteroatoms. The summed E-state index contributed by atoms with van der Waals surface area (Å²) in [6, 6.07) is 0. The molecule has 0 bridgehead atoms. The number of hydrogen-bond donors (Lipinski definition) is 0. The molecule has 0 saturated heterocycles. The lowest BCUT2D eigenvalue weighted by atomic mass is 10.1. The normalized spacial score (nSPS) is 20.6. The summed E-state index contributed by atoms with van der Waals surface area (Å²) in [5.74, 6) is -1.98. The van der Waals surface area contributed by atoms with Gasteiger partial charge in [0.15, 0.2) is 4.73 Å². The molecule has 3 nitrogen and oxygen atoms in total. The first-order valence-corrected chi connectivity index (χ1v) is 4.33. The molecular weight excluding hydrogens is 232 g/mol. The standard InChI is InChI=1S/C6H6BrF2N3/c7-5-11-10-4-1-2-6(8,9)3-12(4)5/h1-3H2. The quantitative estimate of drug-likeness (QED) is 0.687. The van der Waals surface area contributed by atoms with Crippen LogP contribution in [0.1, 0.15) is 12.2 Å². The molecule has 0 atom stereocenters. The molecule has 0 unspecified atom stereocenters. The van der Waals surface area contributed by atoms with Gasteiger partial charge in [-0.25, -0.2) is 8.78 Å². The van der Waals surface area contributed by atoms with Crippen LogP contribution in [0.25, 0.3) is 0 Å². The zero-order chi connectivity index (χ0) is 8.77. The number of hydrogen-bond acceptors (Lipinski definition) is 2. The Bertz CT molecular complexity index is 310. The van der Waals surface area contributed by atoms with Gasteiger partial charge < -0.3 is 0 Å². The van der Waals surface area contributed by atoms with E-state index in [0.717, 1.165) is 0 Å². The second-order valence-corrected chi connectivity index (χ2v) is 3.54. The summed E-state index contributed by atoms with van der Waals surface area (Å²) in [5, 5.41) is 7.41. The molecule has 0 N–H and O–H groups in total. The molecule has 66 valence electrons. The fraction of sp³-hybridized carbons (Fsp3) is 0.667. The van der Waals surface area contributed by atoms with Crippen LogP contribution in [0.4, 0.5) is 8.78 Å². The Balaban J connectivity index is 2.38. The monoisotopic (exact) mass is 237 g/mol. The minimum Gasteiger partial charge on any atom is -0.300 e. The van der Waals surface area contributed by atoms with Gasteiger partial charge in [-0.2, -0.15) is 0 Å². The highest BCUT2D eigenvalue weighted by Gasteiger charge is 2.35. The lowest BCUT2D eigenvalue weighted by Crippen LogP contribution is -2.30. The second-order valence-electron chi connectivity index (χ2n) is 2.83. The Morgan fingerprint density at radius 2 is 2.17 bits per heavy atom. The van der Waals surface area contributed by atoms with Crippen LogP contribution in [-0.2, 0) is 13.0 Å². The van der Waals surface area contributed by atoms with Crippen LogP contribution in [0.3, 0.4) is 0 Å². The fourth-order valence-corrected chi connectivity index (χ4v) is 1.67. The smallest absolute Gasteiger partial charge is 0.266 e. The Hall–Kier alpha value is -0.520. The third-order valence-corrected chi connectivity index (χ3v) is 2.47. The van der Waals surface area contributed by atoms with E-state index in [1.54, 1.807) is 0 Å². The van der Waals surface area contributed by atoms with E-state index in [1.165, 1.54) is 4.57 Å². The molecule has 0 saturated carbocycles. The van der Waals surface area contributed by atoms with Gasteiger partial charge in [0.05, 0.1) is 6.54 Å². The van der Waals surface area contributed by atoms with E-state index in [0.29, 0.717) is 17.0 Å². The van der Waals surface area contributed by atoms with Crippen molar-refractivity contribution in [3.63, 3.8) is 0 Å². The Kier molecular flexibility index (Phi) is 1.67. The van der Waals surface area contributed by atoms with E-state index in [2.05, 4.69) is 26.1 Å². The summed E-state index contributed by atoms with van der Waals surface area (Å²) < 4.78 is 27.5. The molecule has 2 rings (SSSR count). The number of aromatic nitrogens is 3. The summed E-state index contributed by atoms with van der Waals surface area (Å²) in [7, 11) is 0. The highest BCUT2D eigenvalue weighted by Crippen LogP contribution is 2.29. The van der Waals surface area contributed by atoms with Crippen molar-refractivity contribution in [2.75, 3.05) is 0 Å². The van der Waals surface area contributed by atoms with Crippen molar-refractivity contribution in [2.24, 2.45) is 0 Å². The molecule has 0 aromatic carbocycles. The number of nitrogens with zero attached hydrogens (tertiary/aromatic N) is 3. The van der Waals surface area contributed by atoms with Gasteiger partial charge in [-0.15, -0.1) is 10.2 Å². The molecule has 0 amide bonds. The number of aryl methyl sites for hydroxylation is 1. The lowest BCUT2D eigenvalue weighted by molar-refractivity contribution is -0.0354. The van der Waals surface area contributed by atoms with E-state index < -0.39 is 5.92 Å². The minimum absolute atomic E-state index is 0.127. The maximum atomic E-state index is 12.8. The van der Waals surface area contributed by atoms with E-state index >= 15 is 0 Å². The van der Waals surface area contributed by atoms with Crippen LogP contribution < -0.4 is 0 Å². The number of alkyl halides is 2. The average molecular weight is 238 g/mol. The molecule has 1 aliphatic heterocycles. The van der Waals surface area contributed by atoms with Gasteiger partial charge in [0.2, 0.25) is 0 Å². The molecule has 1 aliphatic rings. The Morgan fingerprint density at radius 3 is 2.92 bits per heavy atom. The molecule has 12 heavy (non-hydrogen) atoms.